The predicted octanol–water partition coefficient (Wildman–Crippen LogP) is 4.67. The van der Waals surface area contributed by atoms with Crippen LogP contribution in [0.3, 0.4) is 0 Å². The zero-order chi connectivity index (χ0) is 26.0. The Morgan fingerprint density at radius 3 is 2.63 bits per heavy atom. The molecule has 9 heteroatoms. The lowest BCUT2D eigenvalue weighted by atomic mass is 9.72. The van der Waals surface area contributed by atoms with Crippen molar-refractivity contribution in [2.75, 3.05) is 48.7 Å². The SMILES string of the molecule is C[C@H]1CC2=CC3=C(n4nc(Nc5ccc(N6CCC(N7CCCC7)CC6)c(F)c5)nc4N)N(C3)C2[C@H](C)C1. The molecule has 6 heterocycles. The van der Waals surface area contributed by atoms with Crippen LogP contribution < -0.4 is 16.0 Å². The summed E-state index contributed by atoms with van der Waals surface area (Å²) in [6.07, 6.45) is 9.60. The van der Waals surface area contributed by atoms with E-state index in [1.165, 1.54) is 49.9 Å². The molecule has 0 amide bonds. The summed E-state index contributed by atoms with van der Waals surface area (Å²) >= 11 is 0. The van der Waals surface area contributed by atoms with E-state index in [2.05, 4.69) is 50.0 Å². The largest absolute Gasteiger partial charge is 0.369 e. The maximum Gasteiger partial charge on any atom is 0.248 e. The van der Waals surface area contributed by atoms with Crippen LogP contribution in [0.2, 0.25) is 0 Å². The molecule has 1 aromatic carbocycles. The molecule has 1 aliphatic carbocycles. The molecule has 8 nitrogen and oxygen atoms in total. The van der Waals surface area contributed by atoms with Crippen LogP contribution in [0, 0.1) is 17.7 Å². The van der Waals surface area contributed by atoms with Gasteiger partial charge < -0.3 is 25.8 Å². The van der Waals surface area contributed by atoms with Gasteiger partial charge in [-0.1, -0.05) is 19.9 Å². The van der Waals surface area contributed by atoms with Gasteiger partial charge in [0.15, 0.2) is 0 Å². The number of halogens is 1. The van der Waals surface area contributed by atoms with Gasteiger partial charge in [0.2, 0.25) is 11.9 Å². The first-order valence-electron chi connectivity index (χ1n) is 14.4. The third-order valence-electron chi connectivity index (χ3n) is 9.37. The monoisotopic (exact) mass is 518 g/mol. The van der Waals surface area contributed by atoms with Crippen molar-refractivity contribution in [3.05, 3.63) is 41.2 Å². The molecule has 38 heavy (non-hydrogen) atoms. The minimum Gasteiger partial charge on any atom is -0.369 e. The van der Waals surface area contributed by atoms with E-state index >= 15 is 4.39 Å². The van der Waals surface area contributed by atoms with Crippen LogP contribution in [0.15, 0.2) is 35.4 Å². The Kier molecular flexibility index (Phi) is 5.87. The highest BCUT2D eigenvalue weighted by atomic mass is 19.1. The molecule has 1 aromatic heterocycles. The van der Waals surface area contributed by atoms with Crippen molar-refractivity contribution in [3.8, 4) is 0 Å². The number of likely N-dealkylation sites (tertiary alicyclic amines) is 1. The van der Waals surface area contributed by atoms with Crippen molar-refractivity contribution in [2.24, 2.45) is 11.8 Å². The van der Waals surface area contributed by atoms with Gasteiger partial charge in [-0.05, 0) is 87.2 Å². The van der Waals surface area contributed by atoms with Gasteiger partial charge in [0, 0.05) is 36.9 Å². The molecule has 5 aliphatic heterocycles. The number of aromatic nitrogens is 3. The highest BCUT2D eigenvalue weighted by Gasteiger charge is 2.44. The first-order valence-corrected chi connectivity index (χ1v) is 14.4. The van der Waals surface area contributed by atoms with Gasteiger partial charge in [-0.2, -0.15) is 9.67 Å². The standard InChI is InChI=1S/C29H39FN8/c1-18-13-19(2)26-20(14-18)15-21-17-37(26)27(21)38-28(31)33-29(34-38)32-22-5-6-25(24(30)16-22)36-11-7-23(8-12-36)35-9-3-4-10-35/h5-6,15-16,18-19,23,26H,3-4,7-14,17H2,1-2H3,(H3,31,32,33,34)/t18-,19-,26?/m1/s1. The number of anilines is 4. The van der Waals surface area contributed by atoms with E-state index in [0.717, 1.165) is 44.2 Å². The summed E-state index contributed by atoms with van der Waals surface area (Å²) in [6.45, 7) is 9.87. The van der Waals surface area contributed by atoms with Crippen LogP contribution in [0.1, 0.15) is 52.4 Å². The third kappa shape index (κ3) is 4.06. The minimum atomic E-state index is -0.218. The predicted molar refractivity (Wildman–Crippen MR) is 150 cm³/mol. The normalized spacial score (nSPS) is 27.9. The van der Waals surface area contributed by atoms with Crippen molar-refractivity contribution >= 4 is 29.1 Å². The minimum absolute atomic E-state index is 0.218. The topological polar surface area (TPSA) is 78.5 Å². The third-order valence-corrected chi connectivity index (χ3v) is 9.37. The lowest BCUT2D eigenvalue weighted by molar-refractivity contribution is 0.169. The Bertz CT molecular complexity index is 1280. The molecular weight excluding hydrogens is 479 g/mol. The number of nitrogen functional groups attached to an aromatic ring is 1. The molecule has 0 radical (unpaired) electrons. The Hall–Kier alpha value is -3.07. The highest BCUT2D eigenvalue weighted by Crippen LogP contribution is 2.47. The van der Waals surface area contributed by atoms with Gasteiger partial charge in [-0.25, -0.2) is 4.39 Å². The summed E-state index contributed by atoms with van der Waals surface area (Å²) in [4.78, 5) is 11.7. The molecule has 8 rings (SSSR count). The summed E-state index contributed by atoms with van der Waals surface area (Å²) in [5.41, 5.74) is 10.4. The Morgan fingerprint density at radius 1 is 1.08 bits per heavy atom. The molecule has 202 valence electrons. The van der Waals surface area contributed by atoms with Crippen LogP contribution in [0.4, 0.5) is 27.7 Å². The molecular formula is C29H39FN8. The number of benzene rings is 1. The first-order chi connectivity index (χ1) is 18.4. The van der Waals surface area contributed by atoms with Crippen LogP contribution in [0.25, 0.3) is 5.82 Å². The number of rotatable bonds is 5. The zero-order valence-corrected chi connectivity index (χ0v) is 22.5. The van der Waals surface area contributed by atoms with E-state index in [1.54, 1.807) is 10.7 Å². The molecule has 2 saturated heterocycles. The molecule has 1 unspecified atom stereocenters. The number of hydrogen-bond acceptors (Lipinski definition) is 7. The molecule has 2 aromatic rings. The van der Waals surface area contributed by atoms with Crippen molar-refractivity contribution in [1.82, 2.24) is 24.6 Å². The van der Waals surface area contributed by atoms with Gasteiger partial charge in [-0.15, -0.1) is 5.10 Å². The quantitative estimate of drug-likeness (QED) is 0.596. The van der Waals surface area contributed by atoms with Crippen molar-refractivity contribution in [1.29, 1.82) is 0 Å². The number of nitrogens with two attached hydrogens (primary N) is 1. The fourth-order valence-electron chi connectivity index (χ4n) is 7.71. The van der Waals surface area contributed by atoms with E-state index in [9.17, 15) is 0 Å². The number of nitrogens with zero attached hydrogens (tertiary/aromatic N) is 6. The average molecular weight is 519 g/mol. The maximum absolute atomic E-state index is 15.2. The molecule has 1 saturated carbocycles. The van der Waals surface area contributed by atoms with Crippen molar-refractivity contribution in [2.45, 2.75) is 64.5 Å². The van der Waals surface area contributed by atoms with E-state index < -0.39 is 0 Å². The highest BCUT2D eigenvalue weighted by molar-refractivity contribution is 5.69. The van der Waals surface area contributed by atoms with Gasteiger partial charge >= 0.3 is 0 Å². The van der Waals surface area contributed by atoms with Crippen LogP contribution in [0.5, 0.6) is 0 Å². The van der Waals surface area contributed by atoms with Gasteiger partial charge in [0.05, 0.1) is 11.7 Å². The fourth-order valence-corrected chi connectivity index (χ4v) is 7.71. The number of nitrogens with one attached hydrogen (secondary N) is 1. The first kappa shape index (κ1) is 24.0. The van der Waals surface area contributed by atoms with Crippen molar-refractivity contribution < 1.29 is 4.39 Å². The van der Waals surface area contributed by atoms with E-state index in [4.69, 9.17) is 5.73 Å². The fraction of sp³-hybridized carbons (Fsp3) is 0.586. The maximum atomic E-state index is 15.2. The van der Waals surface area contributed by atoms with E-state index in [1.807, 2.05) is 12.1 Å². The van der Waals surface area contributed by atoms with Gasteiger partial charge in [0.1, 0.15) is 11.6 Å². The number of piperidine rings is 1. The Morgan fingerprint density at radius 2 is 1.87 bits per heavy atom. The van der Waals surface area contributed by atoms with Crippen LogP contribution in [-0.4, -0.2) is 69.4 Å². The van der Waals surface area contributed by atoms with Crippen molar-refractivity contribution in [3.63, 3.8) is 0 Å². The molecule has 3 atom stereocenters. The second-order valence-electron chi connectivity index (χ2n) is 12.1. The summed E-state index contributed by atoms with van der Waals surface area (Å²) < 4.78 is 17.0. The van der Waals surface area contributed by atoms with E-state index in [0.29, 0.717) is 41.3 Å². The molecule has 3 N–H and O–H groups in total. The Balaban J connectivity index is 1.04. The lowest BCUT2D eigenvalue weighted by Crippen LogP contribution is -2.53. The van der Waals surface area contributed by atoms with Crippen LogP contribution in [-0.2, 0) is 0 Å². The molecule has 6 aliphatic rings. The summed E-state index contributed by atoms with van der Waals surface area (Å²) in [7, 11) is 0. The molecule has 3 fully saturated rings. The van der Waals surface area contributed by atoms with E-state index in [-0.39, 0.29) is 5.82 Å². The smallest absolute Gasteiger partial charge is 0.248 e. The lowest BCUT2D eigenvalue weighted by Gasteiger charge is -2.52. The Labute approximate surface area is 224 Å². The molecule has 2 bridgehead atoms. The average Bonchev–Trinajstić information content (AvgIpc) is 3.54. The zero-order valence-electron chi connectivity index (χ0n) is 22.5. The summed E-state index contributed by atoms with van der Waals surface area (Å²) in [5.74, 6) is 2.88. The summed E-state index contributed by atoms with van der Waals surface area (Å²) in [5, 5.41) is 7.85. The molecule has 0 spiro atoms. The number of hydrogen-bond donors (Lipinski definition) is 2. The van der Waals surface area contributed by atoms with Gasteiger partial charge in [-0.3, -0.25) is 0 Å². The van der Waals surface area contributed by atoms with Gasteiger partial charge in [0.25, 0.3) is 0 Å². The second-order valence-corrected chi connectivity index (χ2v) is 12.1. The second kappa shape index (κ2) is 9.29. The van der Waals surface area contributed by atoms with Crippen LogP contribution >= 0.6 is 0 Å². The summed E-state index contributed by atoms with van der Waals surface area (Å²) in [6, 6.07) is 6.39.